The summed E-state index contributed by atoms with van der Waals surface area (Å²) >= 11 is 5.97. The molecule has 1 unspecified atom stereocenters. The molecule has 0 aromatic heterocycles. The average Bonchev–Trinajstić information content (AvgIpc) is 2.37. The molecule has 6 heteroatoms. The topological polar surface area (TPSA) is 65.0 Å². The number of hydrogen-bond donors (Lipinski definition) is 1. The average molecular weight is 275 g/mol. The van der Waals surface area contributed by atoms with Crippen LogP contribution >= 0.6 is 11.6 Å². The Balaban J connectivity index is 3.12. The molecule has 100 valence electrons. The van der Waals surface area contributed by atoms with Crippen LogP contribution in [0.3, 0.4) is 0 Å². The van der Waals surface area contributed by atoms with Crippen molar-refractivity contribution in [3.05, 3.63) is 22.7 Å². The Hall–Kier alpha value is -1.46. The first-order valence-corrected chi connectivity index (χ1v) is 5.69. The largest absolute Gasteiger partial charge is 0.493 e. The second-order valence-electron chi connectivity index (χ2n) is 3.38. The second kappa shape index (κ2) is 6.47. The monoisotopic (exact) mass is 274 g/mol. The minimum Gasteiger partial charge on any atom is -0.493 e. The Morgan fingerprint density at radius 2 is 1.89 bits per heavy atom. The van der Waals surface area contributed by atoms with Crippen LogP contribution in [0.5, 0.6) is 11.5 Å². The molecule has 0 radical (unpaired) electrons. The van der Waals surface area contributed by atoms with Crippen LogP contribution in [0.1, 0.15) is 18.6 Å². The van der Waals surface area contributed by atoms with Gasteiger partial charge in [0.25, 0.3) is 0 Å². The number of rotatable bonds is 5. The van der Waals surface area contributed by atoms with Gasteiger partial charge in [-0.3, -0.25) is 0 Å². The third kappa shape index (κ3) is 3.05. The van der Waals surface area contributed by atoms with Gasteiger partial charge in [0.15, 0.2) is 17.6 Å². The molecule has 0 aliphatic carbocycles. The van der Waals surface area contributed by atoms with Crippen molar-refractivity contribution < 1.29 is 24.1 Å². The van der Waals surface area contributed by atoms with E-state index in [0.29, 0.717) is 11.5 Å². The molecular weight excluding hydrogens is 260 g/mol. The molecule has 1 aromatic carbocycles. The predicted molar refractivity (Wildman–Crippen MR) is 66.1 cm³/mol. The summed E-state index contributed by atoms with van der Waals surface area (Å²) in [6, 6.07) is 2.92. The number of ether oxygens (including phenoxy) is 3. The SMILES string of the molecule is CCOC(=O)C(O)c1cc(OC)c(OC)cc1Cl. The molecular formula is C12H15ClO5. The summed E-state index contributed by atoms with van der Waals surface area (Å²) in [4.78, 5) is 11.4. The van der Waals surface area contributed by atoms with E-state index in [1.54, 1.807) is 6.92 Å². The second-order valence-corrected chi connectivity index (χ2v) is 3.79. The van der Waals surface area contributed by atoms with Crippen molar-refractivity contribution in [2.45, 2.75) is 13.0 Å². The van der Waals surface area contributed by atoms with Gasteiger partial charge in [-0.25, -0.2) is 4.79 Å². The maximum atomic E-state index is 11.4. The lowest BCUT2D eigenvalue weighted by Gasteiger charge is -2.15. The molecule has 1 aromatic rings. The fourth-order valence-corrected chi connectivity index (χ4v) is 1.68. The zero-order valence-corrected chi connectivity index (χ0v) is 11.2. The van der Waals surface area contributed by atoms with Gasteiger partial charge in [-0.2, -0.15) is 0 Å². The van der Waals surface area contributed by atoms with Crippen LogP contribution in [-0.2, 0) is 9.53 Å². The summed E-state index contributed by atoms with van der Waals surface area (Å²) in [5.41, 5.74) is 0.216. The van der Waals surface area contributed by atoms with Gasteiger partial charge in [-0.05, 0) is 13.0 Å². The summed E-state index contributed by atoms with van der Waals surface area (Å²) < 4.78 is 14.9. The molecule has 0 aliphatic rings. The van der Waals surface area contributed by atoms with E-state index in [4.69, 9.17) is 25.8 Å². The standard InChI is InChI=1S/C12H15ClO5/c1-4-18-12(15)11(14)7-5-9(16-2)10(17-3)6-8(7)13/h5-6,11,14H,4H2,1-3H3. The lowest BCUT2D eigenvalue weighted by atomic mass is 10.1. The molecule has 0 heterocycles. The molecule has 0 saturated carbocycles. The van der Waals surface area contributed by atoms with Crippen LogP contribution in [-0.4, -0.2) is 31.9 Å². The van der Waals surface area contributed by atoms with E-state index in [1.165, 1.54) is 26.4 Å². The van der Waals surface area contributed by atoms with Crippen molar-refractivity contribution in [2.24, 2.45) is 0 Å². The highest BCUT2D eigenvalue weighted by Crippen LogP contribution is 2.36. The zero-order chi connectivity index (χ0) is 13.7. The van der Waals surface area contributed by atoms with Gasteiger partial charge in [0.2, 0.25) is 0 Å². The van der Waals surface area contributed by atoms with Crippen molar-refractivity contribution in [1.82, 2.24) is 0 Å². The van der Waals surface area contributed by atoms with Gasteiger partial charge in [0, 0.05) is 11.6 Å². The predicted octanol–water partition coefficient (Wildman–Crippen LogP) is 1.95. The molecule has 18 heavy (non-hydrogen) atoms. The molecule has 1 N–H and O–H groups in total. The third-order valence-corrected chi connectivity index (χ3v) is 2.63. The van der Waals surface area contributed by atoms with Crippen molar-refractivity contribution in [3.8, 4) is 11.5 Å². The molecule has 0 fully saturated rings. The quantitative estimate of drug-likeness (QED) is 0.832. The molecule has 0 spiro atoms. The number of aliphatic hydroxyl groups is 1. The maximum Gasteiger partial charge on any atom is 0.339 e. The van der Waals surface area contributed by atoms with Crippen LogP contribution in [0, 0.1) is 0 Å². The van der Waals surface area contributed by atoms with Crippen LogP contribution in [0.2, 0.25) is 5.02 Å². The summed E-state index contributed by atoms with van der Waals surface area (Å²) in [6.45, 7) is 1.83. The number of esters is 1. The molecule has 0 saturated heterocycles. The third-order valence-electron chi connectivity index (χ3n) is 2.31. The Morgan fingerprint density at radius 3 is 2.39 bits per heavy atom. The number of halogens is 1. The van der Waals surface area contributed by atoms with Crippen molar-refractivity contribution in [2.75, 3.05) is 20.8 Å². The summed E-state index contributed by atoms with van der Waals surface area (Å²) in [5, 5.41) is 10.0. The Morgan fingerprint density at radius 1 is 1.33 bits per heavy atom. The van der Waals surface area contributed by atoms with Gasteiger partial charge >= 0.3 is 5.97 Å². The Bertz CT molecular complexity index is 433. The molecule has 0 bridgehead atoms. The fourth-order valence-electron chi connectivity index (χ4n) is 1.43. The Labute approximate surface area is 110 Å². The van der Waals surface area contributed by atoms with E-state index in [-0.39, 0.29) is 17.2 Å². The minimum atomic E-state index is -1.45. The van der Waals surface area contributed by atoms with Crippen LogP contribution < -0.4 is 9.47 Å². The first kappa shape index (κ1) is 14.6. The molecule has 1 rings (SSSR count). The van der Waals surface area contributed by atoms with Crippen LogP contribution in [0.25, 0.3) is 0 Å². The van der Waals surface area contributed by atoms with Crippen LogP contribution in [0.4, 0.5) is 0 Å². The number of benzene rings is 1. The molecule has 0 aliphatic heterocycles. The molecule has 5 nitrogen and oxygen atoms in total. The van der Waals surface area contributed by atoms with E-state index >= 15 is 0 Å². The zero-order valence-electron chi connectivity index (χ0n) is 10.4. The fraction of sp³-hybridized carbons (Fsp3) is 0.417. The normalized spacial score (nSPS) is 11.8. The van der Waals surface area contributed by atoms with Crippen molar-refractivity contribution in [1.29, 1.82) is 0 Å². The Kier molecular flexibility index (Phi) is 5.25. The van der Waals surface area contributed by atoms with E-state index in [1.807, 2.05) is 0 Å². The van der Waals surface area contributed by atoms with E-state index in [2.05, 4.69) is 0 Å². The highest BCUT2D eigenvalue weighted by molar-refractivity contribution is 6.31. The summed E-state index contributed by atoms with van der Waals surface area (Å²) in [6.07, 6.45) is -1.45. The summed E-state index contributed by atoms with van der Waals surface area (Å²) in [5.74, 6) is 0.0363. The number of aliphatic hydroxyl groups excluding tert-OH is 1. The smallest absolute Gasteiger partial charge is 0.339 e. The van der Waals surface area contributed by atoms with Crippen molar-refractivity contribution >= 4 is 17.6 Å². The maximum absolute atomic E-state index is 11.4. The number of carbonyl (C=O) groups excluding carboxylic acids is 1. The van der Waals surface area contributed by atoms with Gasteiger partial charge in [-0.1, -0.05) is 11.6 Å². The van der Waals surface area contributed by atoms with E-state index in [9.17, 15) is 9.90 Å². The highest BCUT2D eigenvalue weighted by Gasteiger charge is 2.23. The lowest BCUT2D eigenvalue weighted by Crippen LogP contribution is -2.16. The van der Waals surface area contributed by atoms with Crippen molar-refractivity contribution in [3.63, 3.8) is 0 Å². The van der Waals surface area contributed by atoms with Gasteiger partial charge < -0.3 is 19.3 Å². The van der Waals surface area contributed by atoms with Gasteiger partial charge in [0.1, 0.15) is 0 Å². The number of carbonyl (C=O) groups is 1. The van der Waals surface area contributed by atoms with E-state index < -0.39 is 12.1 Å². The van der Waals surface area contributed by atoms with Gasteiger partial charge in [-0.15, -0.1) is 0 Å². The van der Waals surface area contributed by atoms with E-state index in [0.717, 1.165) is 0 Å². The summed E-state index contributed by atoms with van der Waals surface area (Å²) in [7, 11) is 2.92. The van der Waals surface area contributed by atoms with Crippen LogP contribution in [0.15, 0.2) is 12.1 Å². The molecule has 0 amide bonds. The highest BCUT2D eigenvalue weighted by atomic mass is 35.5. The number of hydrogen-bond acceptors (Lipinski definition) is 5. The number of methoxy groups -OCH3 is 2. The first-order valence-electron chi connectivity index (χ1n) is 5.31. The minimum absolute atomic E-state index is 0.181. The first-order chi connectivity index (χ1) is 8.54. The molecule has 1 atom stereocenters. The lowest BCUT2D eigenvalue weighted by molar-refractivity contribution is -0.153. The van der Waals surface area contributed by atoms with Gasteiger partial charge in [0.05, 0.1) is 25.8 Å².